The van der Waals surface area contributed by atoms with Gasteiger partial charge in [-0.15, -0.1) is 0 Å². The molecule has 0 radical (unpaired) electrons. The number of rotatable bonds is 4. The Kier molecular flexibility index (Phi) is 4.82. The quantitative estimate of drug-likeness (QED) is 0.917. The highest BCUT2D eigenvalue weighted by Gasteiger charge is 2.12. The Bertz CT molecular complexity index is 323. The van der Waals surface area contributed by atoms with E-state index in [1.807, 2.05) is 12.1 Å². The van der Waals surface area contributed by atoms with Crippen molar-refractivity contribution in [3.8, 4) is 0 Å². The number of ether oxygens (including phenoxy) is 1. The summed E-state index contributed by atoms with van der Waals surface area (Å²) in [6.07, 6.45) is 2.58. The second kappa shape index (κ2) is 6.38. The number of piperidine rings is 1. The molecule has 0 aromatic heterocycles. The SMILES string of the molecule is Brc1cccc(COCC2CCCNC2)c1. The lowest BCUT2D eigenvalue weighted by Gasteiger charge is -2.22. The Morgan fingerprint density at radius 1 is 1.44 bits per heavy atom. The molecule has 0 spiro atoms. The zero-order chi connectivity index (χ0) is 11.2. The molecular formula is C13H18BrNO. The molecule has 0 saturated carbocycles. The van der Waals surface area contributed by atoms with Crippen molar-refractivity contribution in [1.29, 1.82) is 0 Å². The van der Waals surface area contributed by atoms with Crippen LogP contribution in [0, 0.1) is 5.92 Å². The van der Waals surface area contributed by atoms with Crippen molar-refractivity contribution in [2.45, 2.75) is 19.4 Å². The number of hydrogen-bond donors (Lipinski definition) is 1. The zero-order valence-electron chi connectivity index (χ0n) is 9.42. The van der Waals surface area contributed by atoms with E-state index in [0.29, 0.717) is 5.92 Å². The fourth-order valence-electron chi connectivity index (χ4n) is 2.04. The summed E-state index contributed by atoms with van der Waals surface area (Å²) in [7, 11) is 0. The molecule has 1 aromatic rings. The van der Waals surface area contributed by atoms with Crippen molar-refractivity contribution in [1.82, 2.24) is 5.32 Å². The first-order chi connectivity index (χ1) is 7.84. The largest absolute Gasteiger partial charge is 0.376 e. The van der Waals surface area contributed by atoms with Crippen LogP contribution in [-0.2, 0) is 11.3 Å². The summed E-state index contributed by atoms with van der Waals surface area (Å²) >= 11 is 3.47. The molecule has 1 saturated heterocycles. The first-order valence-electron chi connectivity index (χ1n) is 5.87. The Morgan fingerprint density at radius 3 is 3.12 bits per heavy atom. The normalized spacial score (nSPS) is 20.9. The van der Waals surface area contributed by atoms with Crippen LogP contribution in [0.25, 0.3) is 0 Å². The third kappa shape index (κ3) is 3.89. The van der Waals surface area contributed by atoms with Gasteiger partial charge in [-0.25, -0.2) is 0 Å². The molecule has 1 aromatic carbocycles. The van der Waals surface area contributed by atoms with Crippen LogP contribution in [0.1, 0.15) is 18.4 Å². The highest BCUT2D eigenvalue weighted by molar-refractivity contribution is 9.10. The van der Waals surface area contributed by atoms with E-state index in [1.54, 1.807) is 0 Å². The molecular weight excluding hydrogens is 266 g/mol. The average Bonchev–Trinajstić information content (AvgIpc) is 2.30. The third-order valence-electron chi connectivity index (χ3n) is 2.91. The molecule has 3 heteroatoms. The fourth-order valence-corrected chi connectivity index (χ4v) is 2.48. The molecule has 1 aliphatic rings. The molecule has 1 atom stereocenters. The maximum atomic E-state index is 5.75. The van der Waals surface area contributed by atoms with Crippen LogP contribution in [-0.4, -0.2) is 19.7 Å². The number of benzene rings is 1. The molecule has 2 rings (SSSR count). The first-order valence-corrected chi connectivity index (χ1v) is 6.67. The Labute approximate surface area is 106 Å². The van der Waals surface area contributed by atoms with Crippen LogP contribution in [0.5, 0.6) is 0 Å². The van der Waals surface area contributed by atoms with Gasteiger partial charge in [0.25, 0.3) is 0 Å². The molecule has 1 unspecified atom stereocenters. The minimum absolute atomic E-state index is 0.695. The van der Waals surface area contributed by atoms with Crippen LogP contribution >= 0.6 is 15.9 Å². The van der Waals surface area contributed by atoms with Gasteiger partial charge in [0.2, 0.25) is 0 Å². The average molecular weight is 284 g/mol. The predicted molar refractivity (Wildman–Crippen MR) is 69.4 cm³/mol. The van der Waals surface area contributed by atoms with Gasteiger partial charge in [0.15, 0.2) is 0 Å². The van der Waals surface area contributed by atoms with Crippen molar-refractivity contribution in [3.05, 3.63) is 34.3 Å². The second-order valence-electron chi connectivity index (χ2n) is 4.36. The highest BCUT2D eigenvalue weighted by Crippen LogP contribution is 2.14. The number of hydrogen-bond acceptors (Lipinski definition) is 2. The van der Waals surface area contributed by atoms with Crippen molar-refractivity contribution in [2.75, 3.05) is 19.7 Å². The monoisotopic (exact) mass is 283 g/mol. The van der Waals surface area contributed by atoms with Crippen molar-refractivity contribution >= 4 is 15.9 Å². The van der Waals surface area contributed by atoms with Gasteiger partial charge in [-0.3, -0.25) is 0 Å². The topological polar surface area (TPSA) is 21.3 Å². The predicted octanol–water partition coefficient (Wildman–Crippen LogP) is 2.97. The second-order valence-corrected chi connectivity index (χ2v) is 5.27. The van der Waals surface area contributed by atoms with Crippen LogP contribution in [0.4, 0.5) is 0 Å². The van der Waals surface area contributed by atoms with Crippen molar-refractivity contribution < 1.29 is 4.74 Å². The van der Waals surface area contributed by atoms with E-state index in [1.165, 1.54) is 24.9 Å². The van der Waals surface area contributed by atoms with E-state index in [2.05, 4.69) is 33.4 Å². The summed E-state index contributed by atoms with van der Waals surface area (Å²) in [6.45, 7) is 3.87. The van der Waals surface area contributed by atoms with Crippen LogP contribution in [0.3, 0.4) is 0 Å². The fraction of sp³-hybridized carbons (Fsp3) is 0.538. The van der Waals surface area contributed by atoms with E-state index in [0.717, 1.165) is 24.2 Å². The minimum Gasteiger partial charge on any atom is -0.376 e. The molecule has 16 heavy (non-hydrogen) atoms. The molecule has 1 heterocycles. The lowest BCUT2D eigenvalue weighted by Crippen LogP contribution is -2.32. The van der Waals surface area contributed by atoms with Gasteiger partial charge in [0, 0.05) is 11.0 Å². The smallest absolute Gasteiger partial charge is 0.0717 e. The Hall–Kier alpha value is -0.380. The molecule has 1 aliphatic heterocycles. The minimum atomic E-state index is 0.695. The number of nitrogens with one attached hydrogen (secondary N) is 1. The molecule has 1 N–H and O–H groups in total. The molecule has 1 fully saturated rings. The summed E-state index contributed by atoms with van der Waals surface area (Å²) in [5.74, 6) is 0.695. The Balaban J connectivity index is 1.71. The van der Waals surface area contributed by atoms with Gasteiger partial charge in [0.1, 0.15) is 0 Å². The van der Waals surface area contributed by atoms with E-state index in [4.69, 9.17) is 4.74 Å². The van der Waals surface area contributed by atoms with E-state index < -0.39 is 0 Å². The van der Waals surface area contributed by atoms with Crippen molar-refractivity contribution in [2.24, 2.45) is 5.92 Å². The molecule has 0 aliphatic carbocycles. The number of halogens is 1. The van der Waals surface area contributed by atoms with Gasteiger partial charge < -0.3 is 10.1 Å². The summed E-state index contributed by atoms with van der Waals surface area (Å²) in [4.78, 5) is 0. The standard InChI is InChI=1S/C13H18BrNO/c14-13-5-1-3-11(7-13)9-16-10-12-4-2-6-15-8-12/h1,3,5,7,12,15H,2,4,6,8-10H2. The maximum Gasteiger partial charge on any atom is 0.0717 e. The summed E-state index contributed by atoms with van der Waals surface area (Å²) < 4.78 is 6.87. The Morgan fingerprint density at radius 2 is 2.38 bits per heavy atom. The lowest BCUT2D eigenvalue weighted by molar-refractivity contribution is 0.0783. The van der Waals surface area contributed by atoms with E-state index in [9.17, 15) is 0 Å². The van der Waals surface area contributed by atoms with Gasteiger partial charge in [-0.1, -0.05) is 28.1 Å². The van der Waals surface area contributed by atoms with Gasteiger partial charge in [-0.05, 0) is 43.0 Å². The molecule has 2 nitrogen and oxygen atoms in total. The van der Waals surface area contributed by atoms with Crippen LogP contribution in [0.15, 0.2) is 28.7 Å². The van der Waals surface area contributed by atoms with E-state index >= 15 is 0 Å². The zero-order valence-corrected chi connectivity index (χ0v) is 11.0. The van der Waals surface area contributed by atoms with E-state index in [-0.39, 0.29) is 0 Å². The van der Waals surface area contributed by atoms with Gasteiger partial charge in [-0.2, -0.15) is 0 Å². The molecule has 0 amide bonds. The molecule has 88 valence electrons. The maximum absolute atomic E-state index is 5.75. The van der Waals surface area contributed by atoms with Gasteiger partial charge in [0.05, 0.1) is 13.2 Å². The molecule has 0 bridgehead atoms. The van der Waals surface area contributed by atoms with Crippen LogP contribution < -0.4 is 5.32 Å². The summed E-state index contributed by atoms with van der Waals surface area (Å²) in [5.41, 5.74) is 1.23. The lowest BCUT2D eigenvalue weighted by atomic mass is 10.0. The van der Waals surface area contributed by atoms with Crippen LogP contribution in [0.2, 0.25) is 0 Å². The first kappa shape index (κ1) is 12.1. The third-order valence-corrected chi connectivity index (χ3v) is 3.40. The highest BCUT2D eigenvalue weighted by atomic mass is 79.9. The van der Waals surface area contributed by atoms with Crippen molar-refractivity contribution in [3.63, 3.8) is 0 Å². The summed E-state index contributed by atoms with van der Waals surface area (Å²) in [5, 5.41) is 3.41. The van der Waals surface area contributed by atoms with Gasteiger partial charge >= 0.3 is 0 Å². The summed E-state index contributed by atoms with van der Waals surface area (Å²) in [6, 6.07) is 8.29.